The van der Waals surface area contributed by atoms with Gasteiger partial charge >= 0.3 is 0 Å². The number of methoxy groups -OCH3 is 1. The molecule has 134 valence electrons. The highest BCUT2D eigenvalue weighted by molar-refractivity contribution is 7.99. The zero-order valence-electron chi connectivity index (χ0n) is 15.5. The van der Waals surface area contributed by atoms with Gasteiger partial charge in [0, 0.05) is 5.75 Å². The van der Waals surface area contributed by atoms with E-state index in [0.29, 0.717) is 5.75 Å². The summed E-state index contributed by atoms with van der Waals surface area (Å²) in [7, 11) is 1.65. The van der Waals surface area contributed by atoms with Crippen LogP contribution in [0.5, 0.6) is 5.75 Å². The fourth-order valence-electron chi connectivity index (χ4n) is 2.91. The molecule has 1 unspecified atom stereocenters. The van der Waals surface area contributed by atoms with E-state index in [1.54, 1.807) is 18.9 Å². The van der Waals surface area contributed by atoms with Crippen molar-refractivity contribution in [3.05, 3.63) is 64.7 Å². The Labute approximate surface area is 155 Å². The van der Waals surface area contributed by atoms with Crippen molar-refractivity contribution in [1.82, 2.24) is 5.32 Å². The third kappa shape index (κ3) is 6.13. The molecule has 0 saturated carbocycles. The molecule has 25 heavy (non-hydrogen) atoms. The minimum atomic E-state index is 0.0419. The average Bonchev–Trinajstić information content (AvgIpc) is 2.59. The Hall–Kier alpha value is -1.94. The van der Waals surface area contributed by atoms with E-state index in [1.165, 1.54) is 16.7 Å². The normalized spacial score (nSPS) is 11.8. The average molecular weight is 358 g/mol. The molecule has 2 aromatic rings. The lowest BCUT2D eigenvalue weighted by Gasteiger charge is -2.18. The zero-order chi connectivity index (χ0) is 18.2. The topological polar surface area (TPSA) is 38.3 Å². The Morgan fingerprint density at radius 2 is 1.76 bits per heavy atom. The fourth-order valence-corrected chi connectivity index (χ4v) is 3.68. The number of hydrogen-bond acceptors (Lipinski definition) is 3. The lowest BCUT2D eigenvalue weighted by Crippen LogP contribution is -2.29. The molecule has 1 amide bonds. The van der Waals surface area contributed by atoms with Crippen LogP contribution in [-0.4, -0.2) is 18.8 Å². The second-order valence-corrected chi connectivity index (χ2v) is 7.28. The van der Waals surface area contributed by atoms with Crippen LogP contribution in [-0.2, 0) is 10.5 Å². The van der Waals surface area contributed by atoms with Gasteiger partial charge in [-0.1, -0.05) is 48.4 Å². The van der Waals surface area contributed by atoms with Gasteiger partial charge in [0.15, 0.2) is 0 Å². The summed E-state index contributed by atoms with van der Waals surface area (Å²) in [5.74, 6) is 2.24. The molecular formula is C21H27NO2S. The van der Waals surface area contributed by atoms with Gasteiger partial charge in [-0.25, -0.2) is 0 Å². The Morgan fingerprint density at radius 3 is 2.32 bits per heavy atom. The first-order valence-electron chi connectivity index (χ1n) is 8.60. The van der Waals surface area contributed by atoms with Crippen molar-refractivity contribution < 1.29 is 9.53 Å². The van der Waals surface area contributed by atoms with Gasteiger partial charge in [-0.2, -0.15) is 0 Å². The van der Waals surface area contributed by atoms with Gasteiger partial charge in [-0.15, -0.1) is 11.8 Å². The Morgan fingerprint density at radius 1 is 1.12 bits per heavy atom. The highest BCUT2D eigenvalue weighted by Gasteiger charge is 2.13. The van der Waals surface area contributed by atoms with Gasteiger partial charge in [-0.3, -0.25) is 4.79 Å². The molecule has 1 N–H and O–H groups in total. The zero-order valence-corrected chi connectivity index (χ0v) is 16.3. The van der Waals surface area contributed by atoms with Crippen LogP contribution in [0.3, 0.4) is 0 Å². The number of benzene rings is 2. The number of hydrogen-bond donors (Lipinski definition) is 1. The van der Waals surface area contributed by atoms with E-state index in [9.17, 15) is 4.79 Å². The van der Waals surface area contributed by atoms with E-state index < -0.39 is 0 Å². The molecule has 0 bridgehead atoms. The van der Waals surface area contributed by atoms with Gasteiger partial charge < -0.3 is 10.1 Å². The summed E-state index contributed by atoms with van der Waals surface area (Å²) >= 11 is 1.65. The molecule has 0 fully saturated rings. The third-order valence-corrected chi connectivity index (χ3v) is 5.05. The molecule has 4 heteroatoms. The van der Waals surface area contributed by atoms with Crippen molar-refractivity contribution in [2.24, 2.45) is 0 Å². The Balaban J connectivity index is 1.85. The first-order valence-corrected chi connectivity index (χ1v) is 9.75. The third-order valence-electron chi connectivity index (χ3n) is 4.04. The summed E-state index contributed by atoms with van der Waals surface area (Å²) < 4.78 is 5.18. The second-order valence-electron chi connectivity index (χ2n) is 6.29. The number of nitrogens with one attached hydrogen (secondary N) is 1. The van der Waals surface area contributed by atoms with Crippen molar-refractivity contribution in [1.29, 1.82) is 0 Å². The summed E-state index contributed by atoms with van der Waals surface area (Å²) in [5, 5.41) is 3.13. The molecule has 2 aromatic carbocycles. The van der Waals surface area contributed by atoms with Gasteiger partial charge in [0.2, 0.25) is 5.91 Å². The molecule has 0 aromatic heterocycles. The van der Waals surface area contributed by atoms with Crippen LogP contribution >= 0.6 is 11.8 Å². The number of aryl methyl sites for hydroxylation is 2. The second kappa shape index (κ2) is 9.52. The van der Waals surface area contributed by atoms with Crippen LogP contribution in [0.2, 0.25) is 0 Å². The van der Waals surface area contributed by atoms with E-state index in [2.05, 4.69) is 44.3 Å². The summed E-state index contributed by atoms with van der Waals surface area (Å²) in [6.07, 6.45) is 0.861. The number of ether oxygens (including phenoxy) is 1. The maximum absolute atomic E-state index is 12.3. The number of carbonyl (C=O) groups is 1. The predicted molar refractivity (Wildman–Crippen MR) is 106 cm³/mol. The maximum Gasteiger partial charge on any atom is 0.230 e. The van der Waals surface area contributed by atoms with E-state index in [0.717, 1.165) is 23.5 Å². The van der Waals surface area contributed by atoms with E-state index >= 15 is 0 Å². The first-order chi connectivity index (χ1) is 12.0. The van der Waals surface area contributed by atoms with Gasteiger partial charge in [0.05, 0.1) is 18.9 Å². The quantitative estimate of drug-likeness (QED) is 0.736. The number of carbonyl (C=O) groups excluding carboxylic acids is 1. The highest BCUT2D eigenvalue weighted by Crippen LogP contribution is 2.21. The van der Waals surface area contributed by atoms with Crippen molar-refractivity contribution in [3.63, 3.8) is 0 Å². The van der Waals surface area contributed by atoms with Crippen molar-refractivity contribution in [2.45, 2.75) is 39.0 Å². The lowest BCUT2D eigenvalue weighted by molar-refractivity contribution is -0.119. The van der Waals surface area contributed by atoms with Crippen LogP contribution in [0, 0.1) is 13.8 Å². The molecule has 0 heterocycles. The van der Waals surface area contributed by atoms with Crippen LogP contribution in [0.4, 0.5) is 0 Å². The summed E-state index contributed by atoms with van der Waals surface area (Å²) in [5.41, 5.74) is 4.92. The molecule has 0 aliphatic rings. The summed E-state index contributed by atoms with van der Waals surface area (Å²) in [6.45, 7) is 6.29. The van der Waals surface area contributed by atoms with Crippen LogP contribution < -0.4 is 10.1 Å². The molecule has 0 aliphatic carbocycles. The molecule has 3 nitrogen and oxygen atoms in total. The molecule has 0 aliphatic heterocycles. The monoisotopic (exact) mass is 357 g/mol. The highest BCUT2D eigenvalue weighted by atomic mass is 32.2. The molecule has 1 atom stereocenters. The van der Waals surface area contributed by atoms with E-state index in [1.807, 2.05) is 24.3 Å². The number of rotatable bonds is 8. The lowest BCUT2D eigenvalue weighted by atomic mass is 10.0. The van der Waals surface area contributed by atoms with E-state index in [4.69, 9.17) is 4.74 Å². The van der Waals surface area contributed by atoms with Crippen LogP contribution in [0.1, 0.15) is 41.6 Å². The van der Waals surface area contributed by atoms with Crippen molar-refractivity contribution >= 4 is 17.7 Å². The SMILES string of the molecule is CCC(NC(=O)CSCc1cc(C)cc(C)c1)c1ccc(OC)cc1. The Bertz CT molecular complexity index is 677. The maximum atomic E-state index is 12.3. The first kappa shape index (κ1) is 19.4. The predicted octanol–water partition coefficient (Wildman–Crippen LogP) is 4.81. The smallest absolute Gasteiger partial charge is 0.230 e. The van der Waals surface area contributed by atoms with Crippen molar-refractivity contribution in [3.8, 4) is 5.75 Å². The van der Waals surface area contributed by atoms with Gasteiger partial charge in [0.1, 0.15) is 5.75 Å². The van der Waals surface area contributed by atoms with Crippen LogP contribution in [0.25, 0.3) is 0 Å². The van der Waals surface area contributed by atoms with Gasteiger partial charge in [-0.05, 0) is 43.5 Å². The number of amides is 1. The van der Waals surface area contributed by atoms with E-state index in [-0.39, 0.29) is 11.9 Å². The molecule has 0 saturated heterocycles. The number of thioether (sulfide) groups is 1. The minimum Gasteiger partial charge on any atom is -0.497 e. The summed E-state index contributed by atoms with van der Waals surface area (Å²) in [4.78, 5) is 12.3. The molecule has 0 radical (unpaired) electrons. The Kier molecular flexibility index (Phi) is 7.38. The van der Waals surface area contributed by atoms with Crippen LogP contribution in [0.15, 0.2) is 42.5 Å². The summed E-state index contributed by atoms with van der Waals surface area (Å²) in [6, 6.07) is 14.5. The fraction of sp³-hybridized carbons (Fsp3) is 0.381. The molecular weight excluding hydrogens is 330 g/mol. The molecule has 2 rings (SSSR count). The van der Waals surface area contributed by atoms with Gasteiger partial charge in [0.25, 0.3) is 0 Å². The minimum absolute atomic E-state index is 0.0419. The standard InChI is InChI=1S/C21H27NO2S/c1-5-20(18-6-8-19(24-4)9-7-18)22-21(23)14-25-13-17-11-15(2)10-16(3)12-17/h6-12,20H,5,13-14H2,1-4H3,(H,22,23). The largest absolute Gasteiger partial charge is 0.497 e. The van der Waals surface area contributed by atoms with Crippen molar-refractivity contribution in [2.75, 3.05) is 12.9 Å². The molecule has 0 spiro atoms.